The maximum absolute atomic E-state index is 12.3. The van der Waals surface area contributed by atoms with Crippen molar-refractivity contribution in [3.8, 4) is 0 Å². The zero-order valence-electron chi connectivity index (χ0n) is 4.98. The van der Waals surface area contributed by atoms with Crippen LogP contribution in [0.5, 0.6) is 0 Å². The van der Waals surface area contributed by atoms with Gasteiger partial charge in [-0.2, -0.15) is 0 Å². The normalized spacial score (nSPS) is 41.3. The highest BCUT2D eigenvalue weighted by atomic mass is 19.3. The molecule has 0 amide bonds. The summed E-state index contributed by atoms with van der Waals surface area (Å²) in [6, 6.07) is -1.03. The van der Waals surface area contributed by atoms with Gasteiger partial charge in [-0.15, -0.1) is 0 Å². The van der Waals surface area contributed by atoms with Crippen LogP contribution < -0.4 is 11.5 Å². The molecule has 1 saturated carbocycles. The van der Waals surface area contributed by atoms with E-state index in [0.717, 1.165) is 0 Å². The third-order valence-corrected chi connectivity index (χ3v) is 1.62. The summed E-state index contributed by atoms with van der Waals surface area (Å²) in [5, 5.41) is 0. The molecule has 4 heteroatoms. The van der Waals surface area contributed by atoms with Gasteiger partial charge in [-0.1, -0.05) is 0 Å². The quantitative estimate of drug-likeness (QED) is 0.495. The highest BCUT2D eigenvalue weighted by Crippen LogP contribution is 2.32. The average Bonchev–Trinajstić information content (AvgIpc) is 1.79. The van der Waals surface area contributed by atoms with Crippen LogP contribution in [-0.4, -0.2) is 18.0 Å². The molecule has 1 unspecified atom stereocenters. The standard InChI is InChI=1S/C5H10F2N2/c6-5(7)1-3(8)4(9)2-5/h3-4H,1-2,8-9H2/t3-,4?/m0/s1. The summed E-state index contributed by atoms with van der Waals surface area (Å²) in [5.74, 6) is -2.61. The lowest BCUT2D eigenvalue weighted by Crippen LogP contribution is -2.35. The SMILES string of the molecule is NC1CC(F)(F)C[C@@H]1N. The minimum atomic E-state index is -2.61. The molecule has 54 valence electrons. The fourth-order valence-corrected chi connectivity index (χ4v) is 1.08. The van der Waals surface area contributed by atoms with Crippen molar-refractivity contribution < 1.29 is 8.78 Å². The van der Waals surface area contributed by atoms with E-state index in [1.54, 1.807) is 0 Å². The fourth-order valence-electron chi connectivity index (χ4n) is 1.08. The molecule has 1 aliphatic carbocycles. The Morgan fingerprint density at radius 2 is 1.44 bits per heavy atom. The van der Waals surface area contributed by atoms with Crippen molar-refractivity contribution in [2.24, 2.45) is 11.5 Å². The van der Waals surface area contributed by atoms with Gasteiger partial charge in [-0.05, 0) is 0 Å². The molecule has 2 atom stereocenters. The van der Waals surface area contributed by atoms with Crippen molar-refractivity contribution in [1.29, 1.82) is 0 Å². The summed E-state index contributed by atoms with van der Waals surface area (Å²) in [6.07, 6.45) is -0.512. The summed E-state index contributed by atoms with van der Waals surface area (Å²) >= 11 is 0. The van der Waals surface area contributed by atoms with Crippen LogP contribution in [-0.2, 0) is 0 Å². The third kappa shape index (κ3) is 1.37. The number of hydrogen-bond donors (Lipinski definition) is 2. The monoisotopic (exact) mass is 136 g/mol. The number of nitrogens with two attached hydrogens (primary N) is 2. The lowest BCUT2D eigenvalue weighted by molar-refractivity contribution is 0.00693. The molecule has 0 heterocycles. The molecule has 4 N–H and O–H groups in total. The summed E-state index contributed by atoms with van der Waals surface area (Å²) in [4.78, 5) is 0. The molecule has 1 fully saturated rings. The average molecular weight is 136 g/mol. The second-order valence-corrected chi connectivity index (χ2v) is 2.59. The van der Waals surface area contributed by atoms with Crippen LogP contribution in [0.25, 0.3) is 0 Å². The number of hydrogen-bond acceptors (Lipinski definition) is 2. The Labute approximate surface area is 52.2 Å². The van der Waals surface area contributed by atoms with Gasteiger partial charge < -0.3 is 11.5 Å². The Bertz CT molecular complexity index is 104. The first-order valence-electron chi connectivity index (χ1n) is 2.90. The van der Waals surface area contributed by atoms with Gasteiger partial charge in [0.15, 0.2) is 0 Å². The van der Waals surface area contributed by atoms with E-state index in [1.807, 2.05) is 0 Å². The van der Waals surface area contributed by atoms with Crippen molar-refractivity contribution >= 4 is 0 Å². The predicted octanol–water partition coefficient (Wildman–Crippen LogP) is 0.0701. The molecular weight excluding hydrogens is 126 g/mol. The van der Waals surface area contributed by atoms with Crippen LogP contribution in [0.3, 0.4) is 0 Å². The van der Waals surface area contributed by atoms with Crippen LogP contribution in [0.15, 0.2) is 0 Å². The second-order valence-electron chi connectivity index (χ2n) is 2.59. The first-order valence-corrected chi connectivity index (χ1v) is 2.90. The van der Waals surface area contributed by atoms with Gasteiger partial charge in [-0.25, -0.2) is 8.78 Å². The second kappa shape index (κ2) is 1.88. The molecule has 0 saturated heterocycles. The molecule has 1 aliphatic rings. The Hall–Kier alpha value is -0.220. The Kier molecular flexibility index (Phi) is 1.44. The van der Waals surface area contributed by atoms with Crippen LogP contribution in [0, 0.1) is 0 Å². The summed E-state index contributed by atoms with van der Waals surface area (Å²) in [7, 11) is 0. The van der Waals surface area contributed by atoms with Gasteiger partial charge in [0.2, 0.25) is 0 Å². The van der Waals surface area contributed by atoms with E-state index < -0.39 is 18.0 Å². The Balaban J connectivity index is 2.54. The number of rotatable bonds is 0. The highest BCUT2D eigenvalue weighted by Gasteiger charge is 2.42. The topological polar surface area (TPSA) is 52.0 Å². The van der Waals surface area contributed by atoms with Crippen LogP contribution in [0.1, 0.15) is 12.8 Å². The van der Waals surface area contributed by atoms with Gasteiger partial charge in [0.25, 0.3) is 5.92 Å². The minimum absolute atomic E-state index is 0.256. The molecule has 0 bridgehead atoms. The van der Waals surface area contributed by atoms with Crippen molar-refractivity contribution in [2.45, 2.75) is 30.8 Å². The first kappa shape index (κ1) is 6.89. The van der Waals surface area contributed by atoms with E-state index in [4.69, 9.17) is 11.5 Å². The molecule has 0 radical (unpaired) electrons. The zero-order chi connectivity index (χ0) is 7.07. The van der Waals surface area contributed by atoms with Crippen LogP contribution in [0.2, 0.25) is 0 Å². The molecule has 1 rings (SSSR count). The molecule has 0 aromatic rings. The number of alkyl halides is 2. The zero-order valence-corrected chi connectivity index (χ0v) is 4.98. The van der Waals surface area contributed by atoms with E-state index in [-0.39, 0.29) is 12.8 Å². The molecular formula is C5H10F2N2. The predicted molar refractivity (Wildman–Crippen MR) is 30.1 cm³/mol. The highest BCUT2D eigenvalue weighted by molar-refractivity contribution is 4.93. The van der Waals surface area contributed by atoms with Crippen molar-refractivity contribution in [3.63, 3.8) is 0 Å². The first-order chi connectivity index (χ1) is 4.01. The van der Waals surface area contributed by atoms with E-state index in [2.05, 4.69) is 0 Å². The summed E-state index contributed by atoms with van der Waals surface area (Å²) in [5.41, 5.74) is 10.5. The van der Waals surface area contributed by atoms with E-state index in [0.29, 0.717) is 0 Å². The molecule has 0 aromatic heterocycles. The van der Waals surface area contributed by atoms with E-state index >= 15 is 0 Å². The molecule has 0 spiro atoms. The smallest absolute Gasteiger partial charge is 0.251 e. The van der Waals surface area contributed by atoms with Gasteiger partial charge in [0, 0.05) is 24.9 Å². The van der Waals surface area contributed by atoms with E-state index in [1.165, 1.54) is 0 Å². The lowest BCUT2D eigenvalue weighted by atomic mass is 10.2. The maximum Gasteiger partial charge on any atom is 0.251 e. The Morgan fingerprint density at radius 1 is 1.11 bits per heavy atom. The summed E-state index contributed by atoms with van der Waals surface area (Å²) in [6.45, 7) is 0. The van der Waals surface area contributed by atoms with Crippen molar-refractivity contribution in [1.82, 2.24) is 0 Å². The summed E-state index contributed by atoms with van der Waals surface area (Å²) < 4.78 is 24.6. The minimum Gasteiger partial charge on any atom is -0.326 e. The van der Waals surface area contributed by atoms with Gasteiger partial charge in [-0.3, -0.25) is 0 Å². The van der Waals surface area contributed by atoms with Gasteiger partial charge in [0.1, 0.15) is 0 Å². The third-order valence-electron chi connectivity index (χ3n) is 1.62. The maximum atomic E-state index is 12.3. The van der Waals surface area contributed by atoms with Crippen molar-refractivity contribution in [2.75, 3.05) is 0 Å². The van der Waals surface area contributed by atoms with E-state index in [9.17, 15) is 8.78 Å². The number of halogens is 2. The molecule has 0 aromatic carbocycles. The van der Waals surface area contributed by atoms with Gasteiger partial charge >= 0.3 is 0 Å². The molecule has 2 nitrogen and oxygen atoms in total. The van der Waals surface area contributed by atoms with Gasteiger partial charge in [0.05, 0.1) is 0 Å². The van der Waals surface area contributed by atoms with Crippen molar-refractivity contribution in [3.05, 3.63) is 0 Å². The van der Waals surface area contributed by atoms with Crippen LogP contribution in [0.4, 0.5) is 8.78 Å². The lowest BCUT2D eigenvalue weighted by Gasteiger charge is -2.04. The van der Waals surface area contributed by atoms with Crippen LogP contribution >= 0.6 is 0 Å². The Morgan fingerprint density at radius 3 is 1.56 bits per heavy atom. The largest absolute Gasteiger partial charge is 0.326 e. The molecule has 9 heavy (non-hydrogen) atoms. The fraction of sp³-hybridized carbons (Fsp3) is 1.00. The molecule has 0 aliphatic heterocycles.